The van der Waals surface area contributed by atoms with Crippen molar-refractivity contribution >= 4 is 22.1 Å². The molecule has 2 heterocycles. The highest BCUT2D eigenvalue weighted by Crippen LogP contribution is 2.18. The first-order valence-electron chi connectivity index (χ1n) is 3.32. The van der Waals surface area contributed by atoms with E-state index < -0.39 is 0 Å². The van der Waals surface area contributed by atoms with Crippen LogP contribution < -0.4 is 9.69 Å². The molecule has 3 aromatic rings. The van der Waals surface area contributed by atoms with Gasteiger partial charge in [0.1, 0.15) is 0 Å². The van der Waals surface area contributed by atoms with Crippen LogP contribution in [0.25, 0.3) is 22.1 Å². The van der Waals surface area contributed by atoms with Gasteiger partial charge in [-0.05, 0) is 15.8 Å². The third-order valence-electron chi connectivity index (χ3n) is 1.90. The maximum Gasteiger partial charge on any atom is 0.315 e. The maximum absolute atomic E-state index is 10.8. The number of hydrogen-bond acceptors (Lipinski definition) is 4. The van der Waals surface area contributed by atoms with Crippen LogP contribution in [0.1, 0.15) is 0 Å². The average molecular weight is 162 g/mol. The lowest BCUT2D eigenvalue weighted by molar-refractivity contribution is -0.661. The minimum absolute atomic E-state index is 0.402. The summed E-state index contributed by atoms with van der Waals surface area (Å²) in [6, 6.07) is 3.23. The van der Waals surface area contributed by atoms with E-state index in [-0.39, 0.29) is 0 Å². The first-order chi connectivity index (χ1) is 5.77. The molecule has 0 aliphatic carbocycles. The van der Waals surface area contributed by atoms with Gasteiger partial charge < -0.3 is 10.4 Å². The van der Waals surface area contributed by atoms with Gasteiger partial charge in [0.15, 0.2) is 0 Å². The standard InChI is InChI=1S/C6H2N4O2/c11-9-4-2-1-3-6(5(4)8-9)10(12)7-3/h1-2H. The van der Waals surface area contributed by atoms with Gasteiger partial charge in [-0.15, -0.1) is 0 Å². The summed E-state index contributed by atoms with van der Waals surface area (Å²) in [4.78, 5) is 0.965. The summed E-state index contributed by atoms with van der Waals surface area (Å²) in [5, 5.41) is 28.6. The number of fused-ring (bicyclic) bond motifs is 3. The third-order valence-corrected chi connectivity index (χ3v) is 1.90. The molecule has 0 atom stereocenters. The highest BCUT2D eigenvalue weighted by Gasteiger charge is 2.28. The molecule has 0 bridgehead atoms. The van der Waals surface area contributed by atoms with Crippen LogP contribution in [0, 0.1) is 10.4 Å². The molecule has 3 rings (SSSR count). The molecule has 0 unspecified atom stereocenters. The van der Waals surface area contributed by atoms with Crippen molar-refractivity contribution in [3.8, 4) is 0 Å². The Morgan fingerprint density at radius 3 is 2.58 bits per heavy atom. The summed E-state index contributed by atoms with van der Waals surface area (Å²) in [6.07, 6.45) is 0. The highest BCUT2D eigenvalue weighted by atomic mass is 16.5. The van der Waals surface area contributed by atoms with Gasteiger partial charge in [0.05, 0.1) is 0 Å². The van der Waals surface area contributed by atoms with Crippen LogP contribution in [0.3, 0.4) is 0 Å². The van der Waals surface area contributed by atoms with Crippen molar-refractivity contribution in [3.63, 3.8) is 0 Å². The minimum Gasteiger partial charge on any atom is -0.594 e. The Balaban J connectivity index is 2.53. The topological polar surface area (TPSA) is 79.7 Å². The summed E-state index contributed by atoms with van der Waals surface area (Å²) in [7, 11) is 0. The monoisotopic (exact) mass is 162 g/mol. The summed E-state index contributed by atoms with van der Waals surface area (Å²) in [5.74, 6) is 0. The van der Waals surface area contributed by atoms with Crippen molar-refractivity contribution in [1.29, 1.82) is 0 Å². The second kappa shape index (κ2) is 1.45. The Bertz CT molecular complexity index is 552. The second-order valence-corrected chi connectivity index (χ2v) is 2.55. The van der Waals surface area contributed by atoms with Crippen LogP contribution in [0.4, 0.5) is 0 Å². The number of rotatable bonds is 0. The lowest BCUT2D eigenvalue weighted by Crippen LogP contribution is -2.43. The van der Waals surface area contributed by atoms with Crippen molar-refractivity contribution < 1.29 is 9.69 Å². The number of aromatic nitrogens is 4. The second-order valence-electron chi connectivity index (χ2n) is 2.55. The fourth-order valence-electron chi connectivity index (χ4n) is 1.28. The molecule has 0 saturated heterocycles. The minimum atomic E-state index is 0.402. The van der Waals surface area contributed by atoms with Crippen LogP contribution >= 0.6 is 0 Å². The molecule has 58 valence electrons. The van der Waals surface area contributed by atoms with Crippen LogP contribution in [-0.4, -0.2) is 10.2 Å². The molecule has 2 aromatic heterocycles. The van der Waals surface area contributed by atoms with E-state index in [4.69, 9.17) is 0 Å². The summed E-state index contributed by atoms with van der Waals surface area (Å²) in [6.45, 7) is 0. The van der Waals surface area contributed by atoms with E-state index in [2.05, 4.69) is 10.2 Å². The van der Waals surface area contributed by atoms with Crippen molar-refractivity contribution in [3.05, 3.63) is 22.5 Å². The summed E-state index contributed by atoms with van der Waals surface area (Å²) < 4.78 is 0. The molecule has 0 radical (unpaired) electrons. The van der Waals surface area contributed by atoms with E-state index in [1.165, 1.54) is 0 Å². The van der Waals surface area contributed by atoms with Gasteiger partial charge in [-0.3, -0.25) is 0 Å². The number of benzene rings is 1. The van der Waals surface area contributed by atoms with Gasteiger partial charge in [0.2, 0.25) is 5.52 Å². The molecule has 0 saturated carbocycles. The number of nitrogens with zero attached hydrogens (tertiary/aromatic N) is 4. The Labute approximate surface area is 65.5 Å². The molecule has 1 aromatic carbocycles. The Morgan fingerprint density at radius 1 is 1.08 bits per heavy atom. The third kappa shape index (κ3) is 0.411. The zero-order valence-corrected chi connectivity index (χ0v) is 5.76. The molecular formula is C6H2N4O2. The zero-order valence-electron chi connectivity index (χ0n) is 5.76. The molecule has 0 spiro atoms. The lowest BCUT2D eigenvalue weighted by Gasteiger charge is -2.04. The fourth-order valence-corrected chi connectivity index (χ4v) is 1.28. The molecule has 12 heavy (non-hydrogen) atoms. The van der Waals surface area contributed by atoms with E-state index >= 15 is 0 Å². The van der Waals surface area contributed by atoms with Gasteiger partial charge in [0, 0.05) is 16.3 Å². The maximum atomic E-state index is 10.8. The first-order valence-corrected chi connectivity index (χ1v) is 3.32. The van der Waals surface area contributed by atoms with Gasteiger partial charge >= 0.3 is 5.52 Å². The fraction of sp³-hybridized carbons (Fsp3) is 0. The Kier molecular flexibility index (Phi) is 0.681. The highest BCUT2D eigenvalue weighted by molar-refractivity contribution is 5.97. The molecule has 6 heteroatoms. The van der Waals surface area contributed by atoms with Crippen LogP contribution in [0.15, 0.2) is 12.1 Å². The molecule has 0 aliphatic heterocycles. The quantitative estimate of drug-likeness (QED) is 0.311. The first kappa shape index (κ1) is 5.64. The predicted octanol–water partition coefficient (Wildman–Crippen LogP) is -1.07. The SMILES string of the molecule is [O-][n+]1nc2c1ccc1n[n+]([O-])c12. The van der Waals surface area contributed by atoms with Crippen molar-refractivity contribution in [2.45, 2.75) is 0 Å². The van der Waals surface area contributed by atoms with E-state index in [9.17, 15) is 10.4 Å². The zero-order chi connectivity index (χ0) is 8.29. The van der Waals surface area contributed by atoms with Gasteiger partial charge in [-0.2, -0.15) is 0 Å². The number of hydrogen-bond donors (Lipinski definition) is 0. The van der Waals surface area contributed by atoms with Crippen LogP contribution in [0.5, 0.6) is 0 Å². The largest absolute Gasteiger partial charge is 0.594 e. The van der Waals surface area contributed by atoms with Crippen LogP contribution in [0.2, 0.25) is 0 Å². The average Bonchev–Trinajstić information content (AvgIpc) is 2.01. The van der Waals surface area contributed by atoms with Gasteiger partial charge in [0.25, 0.3) is 11.0 Å². The Morgan fingerprint density at radius 2 is 1.92 bits per heavy atom. The van der Waals surface area contributed by atoms with Crippen molar-refractivity contribution in [1.82, 2.24) is 10.2 Å². The predicted molar refractivity (Wildman–Crippen MR) is 37.3 cm³/mol. The normalized spacial score (nSPS) is 12.0. The summed E-state index contributed by atoms with van der Waals surface area (Å²) in [5.41, 5.74) is 1.89. The van der Waals surface area contributed by atoms with E-state index in [0.717, 1.165) is 0 Å². The molecule has 0 amide bonds. The van der Waals surface area contributed by atoms with E-state index in [1.54, 1.807) is 12.1 Å². The molecule has 0 N–H and O–H groups in total. The van der Waals surface area contributed by atoms with E-state index in [0.29, 0.717) is 31.8 Å². The van der Waals surface area contributed by atoms with Gasteiger partial charge in [-0.25, -0.2) is 0 Å². The summed E-state index contributed by atoms with van der Waals surface area (Å²) >= 11 is 0. The van der Waals surface area contributed by atoms with E-state index in [1.807, 2.05) is 0 Å². The lowest BCUT2D eigenvalue weighted by atomic mass is 10.2. The van der Waals surface area contributed by atoms with Crippen molar-refractivity contribution in [2.24, 2.45) is 0 Å². The molecular weight excluding hydrogens is 160 g/mol. The molecule has 0 aliphatic rings. The van der Waals surface area contributed by atoms with Gasteiger partial charge in [-0.1, -0.05) is 0 Å². The molecule has 6 nitrogen and oxygen atoms in total. The van der Waals surface area contributed by atoms with Crippen molar-refractivity contribution in [2.75, 3.05) is 0 Å². The smallest absolute Gasteiger partial charge is 0.315 e. The molecule has 0 fully saturated rings. The van der Waals surface area contributed by atoms with Crippen LogP contribution in [-0.2, 0) is 0 Å². The Hall–Kier alpha value is -1.98.